The average molecular weight is 446 g/mol. The van der Waals surface area contributed by atoms with Crippen molar-refractivity contribution >= 4 is 33.2 Å². The highest BCUT2D eigenvalue weighted by Gasteiger charge is 2.32. The fraction of sp³-hybridized carbons (Fsp3) is 0.364. The summed E-state index contributed by atoms with van der Waals surface area (Å²) in [6, 6.07) is 11.9. The van der Waals surface area contributed by atoms with Gasteiger partial charge in [-0.2, -0.15) is 4.31 Å². The van der Waals surface area contributed by atoms with Gasteiger partial charge in [0.25, 0.3) is 0 Å². The Morgan fingerprint density at radius 2 is 1.61 bits per heavy atom. The second-order valence-electron chi connectivity index (χ2n) is 7.82. The van der Waals surface area contributed by atoms with Gasteiger partial charge in [0.15, 0.2) is 0 Å². The van der Waals surface area contributed by atoms with E-state index < -0.39 is 15.8 Å². The fourth-order valence-corrected chi connectivity index (χ4v) is 5.47. The number of piperidine rings is 1. The zero-order valence-electron chi connectivity index (χ0n) is 17.0. The van der Waals surface area contributed by atoms with Gasteiger partial charge in [-0.1, -0.05) is 0 Å². The van der Waals surface area contributed by atoms with Crippen LogP contribution in [0.1, 0.15) is 25.7 Å². The maximum Gasteiger partial charge on any atom is 0.243 e. The van der Waals surface area contributed by atoms with Gasteiger partial charge < -0.3 is 10.2 Å². The highest BCUT2D eigenvalue weighted by atomic mass is 32.2. The lowest BCUT2D eigenvalue weighted by Crippen LogP contribution is -2.41. The topological polar surface area (TPSA) is 86.8 Å². The first-order chi connectivity index (χ1) is 14.8. The first-order valence-electron chi connectivity index (χ1n) is 10.3. The van der Waals surface area contributed by atoms with Crippen LogP contribution in [0.5, 0.6) is 0 Å². The molecule has 2 amide bonds. The third-order valence-electron chi connectivity index (χ3n) is 5.80. The van der Waals surface area contributed by atoms with Crippen LogP contribution in [0.3, 0.4) is 0 Å². The van der Waals surface area contributed by atoms with Gasteiger partial charge in [-0.15, -0.1) is 0 Å². The lowest BCUT2D eigenvalue weighted by atomic mass is 9.97. The minimum atomic E-state index is -3.70. The van der Waals surface area contributed by atoms with Crippen molar-refractivity contribution < 1.29 is 22.4 Å². The number of benzene rings is 2. The van der Waals surface area contributed by atoms with Crippen molar-refractivity contribution in [2.45, 2.75) is 30.6 Å². The van der Waals surface area contributed by atoms with Crippen LogP contribution in [-0.2, 0) is 19.6 Å². The fourth-order valence-electron chi connectivity index (χ4n) is 4.00. The molecular weight excluding hydrogens is 421 g/mol. The molecular formula is C22H24FN3O4S. The number of carbonyl (C=O) groups is 2. The van der Waals surface area contributed by atoms with Gasteiger partial charge >= 0.3 is 0 Å². The summed E-state index contributed by atoms with van der Waals surface area (Å²) in [6.07, 6.45) is 2.24. The molecule has 2 heterocycles. The average Bonchev–Trinajstić information content (AvgIpc) is 3.20. The molecule has 2 aliphatic heterocycles. The van der Waals surface area contributed by atoms with Gasteiger partial charge in [0, 0.05) is 43.3 Å². The molecule has 0 aliphatic carbocycles. The molecule has 2 saturated heterocycles. The summed E-state index contributed by atoms with van der Waals surface area (Å²) in [5.74, 6) is -0.822. The van der Waals surface area contributed by atoms with Crippen molar-refractivity contribution in [3.63, 3.8) is 0 Å². The molecule has 4 rings (SSSR count). The molecule has 0 spiro atoms. The van der Waals surface area contributed by atoms with Crippen molar-refractivity contribution in [1.82, 2.24) is 4.31 Å². The summed E-state index contributed by atoms with van der Waals surface area (Å²) < 4.78 is 39.8. The van der Waals surface area contributed by atoms with E-state index in [0.29, 0.717) is 31.5 Å². The molecule has 2 aromatic carbocycles. The molecule has 2 fully saturated rings. The van der Waals surface area contributed by atoms with E-state index in [4.69, 9.17) is 0 Å². The lowest BCUT2D eigenvalue weighted by Gasteiger charge is -2.30. The van der Waals surface area contributed by atoms with Crippen LogP contribution in [0.2, 0.25) is 0 Å². The van der Waals surface area contributed by atoms with Crippen LogP contribution in [0.4, 0.5) is 15.8 Å². The lowest BCUT2D eigenvalue weighted by molar-refractivity contribution is -0.121. The van der Waals surface area contributed by atoms with Crippen LogP contribution < -0.4 is 10.2 Å². The van der Waals surface area contributed by atoms with Crippen molar-refractivity contribution in [3.05, 3.63) is 54.3 Å². The molecule has 7 nitrogen and oxygen atoms in total. The normalized spacial score (nSPS) is 18.4. The van der Waals surface area contributed by atoms with Crippen molar-refractivity contribution in [3.8, 4) is 0 Å². The molecule has 0 unspecified atom stereocenters. The van der Waals surface area contributed by atoms with E-state index in [1.165, 1.54) is 16.4 Å². The van der Waals surface area contributed by atoms with Crippen molar-refractivity contribution in [2.24, 2.45) is 5.92 Å². The van der Waals surface area contributed by atoms with E-state index in [9.17, 15) is 22.4 Å². The van der Waals surface area contributed by atoms with Crippen molar-refractivity contribution in [1.29, 1.82) is 0 Å². The standard InChI is InChI=1S/C22H24FN3O4S/c23-17-3-9-20(10-4-17)31(29,30)25-14-11-16(12-15-25)22(28)24-18-5-7-19(8-6-18)26-13-1-2-21(26)27/h3-10,16H,1-2,11-15H2,(H,24,28). The van der Waals surface area contributed by atoms with E-state index in [1.54, 1.807) is 17.0 Å². The third kappa shape index (κ3) is 4.62. The second-order valence-corrected chi connectivity index (χ2v) is 9.76. The summed E-state index contributed by atoms with van der Waals surface area (Å²) in [4.78, 5) is 26.3. The molecule has 31 heavy (non-hydrogen) atoms. The van der Waals surface area contributed by atoms with E-state index >= 15 is 0 Å². The Hall–Kier alpha value is -2.78. The maximum absolute atomic E-state index is 13.1. The molecule has 0 bridgehead atoms. The number of rotatable bonds is 5. The number of sulfonamides is 1. The van der Waals surface area contributed by atoms with Gasteiger partial charge in [0.1, 0.15) is 5.82 Å². The highest BCUT2D eigenvalue weighted by molar-refractivity contribution is 7.89. The molecule has 9 heteroatoms. The van der Waals surface area contributed by atoms with Gasteiger partial charge in [0.2, 0.25) is 21.8 Å². The number of hydrogen-bond donors (Lipinski definition) is 1. The first kappa shape index (κ1) is 21.5. The van der Waals surface area contributed by atoms with Crippen molar-refractivity contribution in [2.75, 3.05) is 29.9 Å². The van der Waals surface area contributed by atoms with Crippen LogP contribution in [0, 0.1) is 11.7 Å². The zero-order chi connectivity index (χ0) is 22.0. The quantitative estimate of drug-likeness (QED) is 0.767. The van der Waals surface area contributed by atoms with Gasteiger partial charge in [0.05, 0.1) is 4.90 Å². The minimum Gasteiger partial charge on any atom is -0.326 e. The van der Waals surface area contributed by atoms with E-state index in [0.717, 1.165) is 24.2 Å². The van der Waals surface area contributed by atoms with Crippen LogP contribution in [0.15, 0.2) is 53.4 Å². The summed E-state index contributed by atoms with van der Waals surface area (Å²) in [5, 5.41) is 2.88. The number of nitrogens with one attached hydrogen (secondary N) is 1. The largest absolute Gasteiger partial charge is 0.326 e. The molecule has 0 aromatic heterocycles. The summed E-state index contributed by atoms with van der Waals surface area (Å²) in [5.41, 5.74) is 1.46. The second kappa shape index (κ2) is 8.76. The monoisotopic (exact) mass is 445 g/mol. The Bertz CT molecular complexity index is 1060. The number of nitrogens with zero attached hydrogens (tertiary/aromatic N) is 2. The zero-order valence-corrected chi connectivity index (χ0v) is 17.8. The Labute approximate surface area is 180 Å². The van der Waals surface area contributed by atoms with E-state index in [2.05, 4.69) is 5.32 Å². The molecule has 0 saturated carbocycles. The Morgan fingerprint density at radius 3 is 2.19 bits per heavy atom. The Morgan fingerprint density at radius 1 is 0.968 bits per heavy atom. The Kier molecular flexibility index (Phi) is 6.06. The maximum atomic E-state index is 13.1. The Balaban J connectivity index is 1.33. The first-order valence-corrected chi connectivity index (χ1v) is 11.8. The number of amides is 2. The van der Waals surface area contributed by atoms with E-state index in [-0.39, 0.29) is 35.7 Å². The highest BCUT2D eigenvalue weighted by Crippen LogP contribution is 2.26. The molecule has 2 aromatic rings. The van der Waals surface area contributed by atoms with Gasteiger partial charge in [-0.3, -0.25) is 9.59 Å². The van der Waals surface area contributed by atoms with Gasteiger partial charge in [-0.25, -0.2) is 12.8 Å². The van der Waals surface area contributed by atoms with Crippen LogP contribution >= 0.6 is 0 Å². The molecule has 2 aliphatic rings. The van der Waals surface area contributed by atoms with E-state index in [1.807, 2.05) is 12.1 Å². The van der Waals surface area contributed by atoms with Gasteiger partial charge in [-0.05, 0) is 67.8 Å². The van der Waals surface area contributed by atoms with Crippen LogP contribution in [-0.4, -0.2) is 44.2 Å². The number of carbonyl (C=O) groups excluding carboxylic acids is 2. The SMILES string of the molecule is O=C(Nc1ccc(N2CCCC2=O)cc1)C1CCN(S(=O)(=O)c2ccc(F)cc2)CC1. The number of anilines is 2. The minimum absolute atomic E-state index is 0.0494. The molecule has 1 N–H and O–H groups in total. The smallest absolute Gasteiger partial charge is 0.243 e. The third-order valence-corrected chi connectivity index (χ3v) is 7.71. The van der Waals surface area contributed by atoms with Crippen LogP contribution in [0.25, 0.3) is 0 Å². The summed E-state index contributed by atoms with van der Waals surface area (Å²) >= 11 is 0. The predicted molar refractivity (Wildman–Crippen MR) is 115 cm³/mol. The summed E-state index contributed by atoms with van der Waals surface area (Å²) in [7, 11) is -3.70. The molecule has 0 radical (unpaired) electrons. The molecule has 0 atom stereocenters. The molecule has 164 valence electrons. The number of halogens is 1. The number of hydrogen-bond acceptors (Lipinski definition) is 4. The predicted octanol–water partition coefficient (Wildman–Crippen LogP) is 2.99. The summed E-state index contributed by atoms with van der Waals surface area (Å²) in [6.45, 7) is 1.17.